The van der Waals surface area contributed by atoms with Crippen molar-refractivity contribution in [1.29, 1.82) is 0 Å². The molecule has 2 aromatic carbocycles. The minimum Gasteiger partial charge on any atom is -0.444 e. The van der Waals surface area contributed by atoms with Gasteiger partial charge in [0.05, 0.1) is 42.4 Å². The molecule has 1 atom stereocenters. The fourth-order valence-electron chi connectivity index (χ4n) is 4.28. The molecular weight excluding hydrogens is 496 g/mol. The topological polar surface area (TPSA) is 117 Å². The molecule has 2 aliphatic heterocycles. The van der Waals surface area contributed by atoms with Crippen molar-refractivity contribution in [3.05, 3.63) is 53.6 Å². The Morgan fingerprint density at radius 2 is 1.78 bits per heavy atom. The van der Waals surface area contributed by atoms with E-state index in [-0.39, 0.29) is 29.4 Å². The van der Waals surface area contributed by atoms with Gasteiger partial charge in [-0.25, -0.2) is 13.2 Å². The van der Waals surface area contributed by atoms with Crippen LogP contribution < -0.4 is 10.0 Å². The standard InChI is InChI=1S/C26H34N4O6S/c1-17-6-9-20(10-7-17)37(33,34)28-22-12-18(27-25(32)36-26(2,3)4)8-11-21(22)23-13-29(5)24(31)14-30(23)19-15-35-16-19/h6-12,19,23,28H,13-16H2,1-5H3,(H,27,32). The maximum Gasteiger partial charge on any atom is 0.412 e. The number of nitrogens with zero attached hydrogens (tertiary/aromatic N) is 2. The zero-order valence-corrected chi connectivity index (χ0v) is 22.6. The number of benzene rings is 2. The van der Waals surface area contributed by atoms with Crippen molar-refractivity contribution in [2.75, 3.05) is 43.4 Å². The number of anilines is 2. The number of ether oxygens (including phenoxy) is 2. The predicted octanol–water partition coefficient (Wildman–Crippen LogP) is 3.36. The van der Waals surface area contributed by atoms with Gasteiger partial charge in [0.25, 0.3) is 10.0 Å². The summed E-state index contributed by atoms with van der Waals surface area (Å²) in [6, 6.07) is 11.4. The normalized spacial score (nSPS) is 19.3. The van der Waals surface area contributed by atoms with Crippen LogP contribution in [0.5, 0.6) is 0 Å². The fourth-order valence-corrected chi connectivity index (χ4v) is 5.36. The summed E-state index contributed by atoms with van der Waals surface area (Å²) >= 11 is 0. The number of aryl methyl sites for hydroxylation is 1. The first-order chi connectivity index (χ1) is 17.3. The van der Waals surface area contributed by atoms with Crippen LogP contribution in [0.3, 0.4) is 0 Å². The molecule has 2 aliphatic rings. The van der Waals surface area contributed by atoms with Crippen LogP contribution in [0.15, 0.2) is 47.4 Å². The van der Waals surface area contributed by atoms with Gasteiger partial charge in [-0.15, -0.1) is 0 Å². The molecule has 2 saturated heterocycles. The summed E-state index contributed by atoms with van der Waals surface area (Å²) in [5.41, 5.74) is 1.63. The Balaban J connectivity index is 1.72. The number of piperazine rings is 1. The molecule has 10 nitrogen and oxygen atoms in total. The lowest BCUT2D eigenvalue weighted by Gasteiger charge is -2.47. The van der Waals surface area contributed by atoms with Gasteiger partial charge >= 0.3 is 6.09 Å². The highest BCUT2D eigenvalue weighted by atomic mass is 32.2. The first-order valence-electron chi connectivity index (χ1n) is 12.1. The minimum absolute atomic E-state index is 0.00634. The van der Waals surface area contributed by atoms with Crippen molar-refractivity contribution in [1.82, 2.24) is 9.80 Å². The summed E-state index contributed by atoms with van der Waals surface area (Å²) in [5.74, 6) is -0.00634. The molecule has 37 heavy (non-hydrogen) atoms. The molecule has 11 heteroatoms. The number of sulfonamides is 1. The first-order valence-corrected chi connectivity index (χ1v) is 13.6. The van der Waals surface area contributed by atoms with Gasteiger partial charge in [-0.1, -0.05) is 23.8 Å². The van der Waals surface area contributed by atoms with E-state index < -0.39 is 21.7 Å². The van der Waals surface area contributed by atoms with Crippen LogP contribution in [-0.2, 0) is 24.3 Å². The zero-order chi connectivity index (χ0) is 27.0. The third-order valence-electron chi connectivity index (χ3n) is 6.31. The summed E-state index contributed by atoms with van der Waals surface area (Å²) in [6.45, 7) is 8.77. The molecule has 0 aliphatic carbocycles. The van der Waals surface area contributed by atoms with Gasteiger partial charge in [0.15, 0.2) is 0 Å². The number of hydrogen-bond acceptors (Lipinski definition) is 7. The Kier molecular flexibility index (Phi) is 7.50. The monoisotopic (exact) mass is 530 g/mol. The Morgan fingerprint density at radius 1 is 1.11 bits per heavy atom. The Bertz CT molecular complexity index is 1270. The smallest absolute Gasteiger partial charge is 0.412 e. The Morgan fingerprint density at radius 3 is 2.38 bits per heavy atom. The van der Waals surface area contributed by atoms with Crippen LogP contribution in [0, 0.1) is 6.92 Å². The molecule has 2 aromatic rings. The lowest BCUT2D eigenvalue weighted by atomic mass is 9.97. The van der Waals surface area contributed by atoms with Crippen LogP contribution >= 0.6 is 0 Å². The first kappa shape index (κ1) is 26.9. The van der Waals surface area contributed by atoms with Crippen molar-refractivity contribution >= 4 is 33.4 Å². The second-order valence-corrected chi connectivity index (χ2v) is 12.2. The molecule has 4 rings (SSSR count). The second kappa shape index (κ2) is 10.3. The summed E-state index contributed by atoms with van der Waals surface area (Å²) < 4.78 is 40.1. The average molecular weight is 531 g/mol. The van der Waals surface area contributed by atoms with Gasteiger partial charge in [-0.05, 0) is 57.5 Å². The molecule has 200 valence electrons. The van der Waals surface area contributed by atoms with Gasteiger partial charge in [-0.3, -0.25) is 19.7 Å². The van der Waals surface area contributed by atoms with E-state index in [1.54, 1.807) is 75.2 Å². The highest BCUT2D eigenvalue weighted by molar-refractivity contribution is 7.92. The van der Waals surface area contributed by atoms with Crippen LogP contribution in [0.1, 0.15) is 37.9 Å². The number of nitrogens with one attached hydrogen (secondary N) is 2. The third kappa shape index (κ3) is 6.41. The van der Waals surface area contributed by atoms with Gasteiger partial charge in [-0.2, -0.15) is 0 Å². The second-order valence-electron chi connectivity index (χ2n) is 10.5. The summed E-state index contributed by atoms with van der Waals surface area (Å²) in [4.78, 5) is 28.7. The quantitative estimate of drug-likeness (QED) is 0.588. The molecule has 0 spiro atoms. The number of hydrogen-bond donors (Lipinski definition) is 2. The largest absolute Gasteiger partial charge is 0.444 e. The number of likely N-dealkylation sites (N-methyl/N-ethyl adjacent to an activating group) is 1. The van der Waals surface area contributed by atoms with Gasteiger partial charge in [0.2, 0.25) is 5.91 Å². The van der Waals surface area contributed by atoms with E-state index in [9.17, 15) is 18.0 Å². The van der Waals surface area contributed by atoms with Crippen LogP contribution in [0.4, 0.5) is 16.2 Å². The molecule has 2 amide bonds. The average Bonchev–Trinajstić information content (AvgIpc) is 2.74. The lowest BCUT2D eigenvalue weighted by Crippen LogP contribution is -2.59. The van der Waals surface area contributed by atoms with Gasteiger partial charge in [0.1, 0.15) is 5.60 Å². The van der Waals surface area contributed by atoms with Crippen molar-refractivity contribution in [3.63, 3.8) is 0 Å². The molecule has 0 aromatic heterocycles. The minimum atomic E-state index is -3.94. The molecule has 2 N–H and O–H groups in total. The van der Waals surface area contributed by atoms with Gasteiger partial charge < -0.3 is 14.4 Å². The lowest BCUT2D eigenvalue weighted by molar-refractivity contribution is -0.147. The van der Waals surface area contributed by atoms with E-state index in [4.69, 9.17) is 9.47 Å². The summed E-state index contributed by atoms with van der Waals surface area (Å²) in [6.07, 6.45) is -0.649. The maximum atomic E-state index is 13.3. The van der Waals surface area contributed by atoms with Crippen LogP contribution in [0.2, 0.25) is 0 Å². The van der Waals surface area contributed by atoms with E-state index in [2.05, 4.69) is 14.9 Å². The number of rotatable bonds is 6. The SMILES string of the molecule is Cc1ccc(S(=O)(=O)Nc2cc(NC(=O)OC(C)(C)C)ccc2C2CN(C)C(=O)CN2C2COC2)cc1. The number of carbonyl (C=O) groups is 2. The van der Waals surface area contributed by atoms with E-state index in [1.165, 1.54) is 0 Å². The van der Waals surface area contributed by atoms with E-state index in [0.717, 1.165) is 5.56 Å². The van der Waals surface area contributed by atoms with E-state index in [1.807, 2.05) is 6.92 Å². The number of amides is 2. The molecule has 0 radical (unpaired) electrons. The van der Waals surface area contributed by atoms with Crippen molar-refractivity contribution in [3.8, 4) is 0 Å². The van der Waals surface area contributed by atoms with Gasteiger partial charge in [0, 0.05) is 19.3 Å². The highest BCUT2D eigenvalue weighted by Crippen LogP contribution is 2.36. The number of carbonyl (C=O) groups excluding carboxylic acids is 2. The molecule has 1 unspecified atom stereocenters. The van der Waals surface area contributed by atoms with Crippen molar-refractivity contribution < 1.29 is 27.5 Å². The zero-order valence-electron chi connectivity index (χ0n) is 21.8. The van der Waals surface area contributed by atoms with Crippen LogP contribution in [-0.4, -0.2) is 75.2 Å². The predicted molar refractivity (Wildman–Crippen MR) is 140 cm³/mol. The molecular formula is C26H34N4O6S. The van der Waals surface area contributed by atoms with Crippen molar-refractivity contribution in [2.45, 2.75) is 50.3 Å². The van der Waals surface area contributed by atoms with Crippen molar-refractivity contribution in [2.24, 2.45) is 0 Å². The fraction of sp³-hybridized carbons (Fsp3) is 0.462. The van der Waals surface area contributed by atoms with E-state index in [0.29, 0.717) is 36.7 Å². The highest BCUT2D eigenvalue weighted by Gasteiger charge is 2.39. The molecule has 0 bridgehead atoms. The summed E-state index contributed by atoms with van der Waals surface area (Å²) in [7, 11) is -2.20. The van der Waals surface area contributed by atoms with Crippen LogP contribution in [0.25, 0.3) is 0 Å². The Labute approximate surface area is 218 Å². The molecule has 0 saturated carbocycles. The van der Waals surface area contributed by atoms with E-state index >= 15 is 0 Å². The summed E-state index contributed by atoms with van der Waals surface area (Å²) in [5, 5.41) is 2.68. The maximum absolute atomic E-state index is 13.3. The molecule has 2 heterocycles. The molecule has 2 fully saturated rings. The Hall–Kier alpha value is -3.15. The third-order valence-corrected chi connectivity index (χ3v) is 7.69.